The van der Waals surface area contributed by atoms with E-state index in [1.807, 2.05) is 22.9 Å². The lowest BCUT2D eigenvalue weighted by Crippen LogP contribution is -2.07. The van der Waals surface area contributed by atoms with Gasteiger partial charge in [0.15, 0.2) is 0 Å². The van der Waals surface area contributed by atoms with Crippen LogP contribution in [0.25, 0.3) is 10.7 Å². The molecule has 0 radical (unpaired) electrons. The van der Waals surface area contributed by atoms with Crippen molar-refractivity contribution in [3.8, 4) is 10.7 Å². The van der Waals surface area contributed by atoms with E-state index >= 15 is 0 Å². The summed E-state index contributed by atoms with van der Waals surface area (Å²) in [5.41, 5.74) is 1.93. The number of tetrazole rings is 1. The SMILES string of the molecule is CC(C)Cn1nnnc1SCc1csc(-c2ccccn2)n1. The molecular weight excluding hydrogens is 316 g/mol. The van der Waals surface area contributed by atoms with Gasteiger partial charge in [-0.3, -0.25) is 4.98 Å². The summed E-state index contributed by atoms with van der Waals surface area (Å²) in [4.78, 5) is 8.95. The summed E-state index contributed by atoms with van der Waals surface area (Å²) < 4.78 is 1.85. The van der Waals surface area contributed by atoms with Gasteiger partial charge in [-0.15, -0.1) is 16.4 Å². The van der Waals surface area contributed by atoms with Crippen molar-refractivity contribution in [1.82, 2.24) is 30.2 Å². The molecule has 3 rings (SSSR count). The van der Waals surface area contributed by atoms with Gasteiger partial charge in [-0.25, -0.2) is 9.67 Å². The third-order valence-electron chi connectivity index (χ3n) is 2.82. The number of pyridine rings is 1. The van der Waals surface area contributed by atoms with Crippen molar-refractivity contribution in [2.75, 3.05) is 0 Å². The lowest BCUT2D eigenvalue weighted by molar-refractivity contribution is 0.446. The standard InChI is InChI=1S/C14H16N6S2/c1-10(2)7-20-14(17-18-19-20)22-9-11-8-21-13(16-11)12-5-3-4-6-15-12/h3-6,8,10H,7,9H2,1-2H3. The highest BCUT2D eigenvalue weighted by atomic mass is 32.2. The molecule has 0 fully saturated rings. The van der Waals surface area contributed by atoms with E-state index < -0.39 is 0 Å². The third-order valence-corrected chi connectivity index (χ3v) is 4.73. The normalized spacial score (nSPS) is 11.2. The molecule has 0 spiro atoms. The third kappa shape index (κ3) is 3.69. The molecule has 0 saturated heterocycles. The van der Waals surface area contributed by atoms with Crippen LogP contribution >= 0.6 is 23.1 Å². The van der Waals surface area contributed by atoms with Crippen LogP contribution in [0.2, 0.25) is 0 Å². The number of thiazole rings is 1. The van der Waals surface area contributed by atoms with E-state index in [0.29, 0.717) is 5.92 Å². The van der Waals surface area contributed by atoms with E-state index in [9.17, 15) is 0 Å². The highest BCUT2D eigenvalue weighted by Crippen LogP contribution is 2.26. The second-order valence-corrected chi connectivity index (χ2v) is 6.99. The summed E-state index contributed by atoms with van der Waals surface area (Å²) in [5, 5.41) is 15.7. The Labute approximate surface area is 137 Å². The summed E-state index contributed by atoms with van der Waals surface area (Å²) in [5.74, 6) is 1.26. The Kier molecular flexibility index (Phi) is 4.79. The van der Waals surface area contributed by atoms with Crippen molar-refractivity contribution in [3.63, 3.8) is 0 Å². The van der Waals surface area contributed by atoms with Crippen LogP contribution in [-0.2, 0) is 12.3 Å². The number of aromatic nitrogens is 6. The van der Waals surface area contributed by atoms with Crippen molar-refractivity contribution >= 4 is 23.1 Å². The fourth-order valence-electron chi connectivity index (χ4n) is 1.88. The van der Waals surface area contributed by atoms with Gasteiger partial charge in [0.1, 0.15) is 5.01 Å². The molecule has 3 aromatic heterocycles. The number of nitrogens with zero attached hydrogens (tertiary/aromatic N) is 6. The Morgan fingerprint density at radius 1 is 1.32 bits per heavy atom. The second kappa shape index (κ2) is 6.97. The van der Waals surface area contributed by atoms with E-state index in [-0.39, 0.29) is 0 Å². The van der Waals surface area contributed by atoms with Gasteiger partial charge in [-0.05, 0) is 28.5 Å². The lowest BCUT2D eigenvalue weighted by atomic mass is 10.2. The first kappa shape index (κ1) is 15.1. The molecule has 0 aliphatic rings. The summed E-state index contributed by atoms with van der Waals surface area (Å²) >= 11 is 3.22. The lowest BCUT2D eigenvalue weighted by Gasteiger charge is -2.05. The van der Waals surface area contributed by atoms with Crippen LogP contribution in [0.15, 0.2) is 34.9 Å². The Morgan fingerprint density at radius 3 is 3.00 bits per heavy atom. The summed E-state index contributed by atoms with van der Waals surface area (Å²) in [6.07, 6.45) is 1.78. The number of hydrogen-bond donors (Lipinski definition) is 0. The Bertz CT molecular complexity index is 722. The highest BCUT2D eigenvalue weighted by Gasteiger charge is 2.11. The molecule has 22 heavy (non-hydrogen) atoms. The van der Waals surface area contributed by atoms with Crippen molar-refractivity contribution < 1.29 is 0 Å². The average Bonchev–Trinajstić information content (AvgIpc) is 3.15. The first-order chi connectivity index (χ1) is 10.7. The van der Waals surface area contributed by atoms with Crippen LogP contribution in [0, 0.1) is 5.92 Å². The van der Waals surface area contributed by atoms with Gasteiger partial charge < -0.3 is 0 Å². The van der Waals surface area contributed by atoms with Gasteiger partial charge in [-0.2, -0.15) is 0 Å². The predicted molar refractivity (Wildman–Crippen MR) is 87.6 cm³/mol. The van der Waals surface area contributed by atoms with Gasteiger partial charge >= 0.3 is 0 Å². The molecule has 0 bridgehead atoms. The molecule has 0 aliphatic heterocycles. The Balaban J connectivity index is 1.65. The van der Waals surface area contributed by atoms with Gasteiger partial charge in [0.2, 0.25) is 5.16 Å². The van der Waals surface area contributed by atoms with Crippen molar-refractivity contribution in [1.29, 1.82) is 0 Å². The van der Waals surface area contributed by atoms with Crippen molar-refractivity contribution in [2.24, 2.45) is 5.92 Å². The molecule has 0 unspecified atom stereocenters. The van der Waals surface area contributed by atoms with Crippen molar-refractivity contribution in [3.05, 3.63) is 35.5 Å². The number of hydrogen-bond acceptors (Lipinski definition) is 7. The maximum absolute atomic E-state index is 4.63. The van der Waals surface area contributed by atoms with Gasteiger partial charge in [-0.1, -0.05) is 31.7 Å². The zero-order valence-corrected chi connectivity index (χ0v) is 14.0. The van der Waals surface area contributed by atoms with Crippen LogP contribution in [0.1, 0.15) is 19.5 Å². The molecular formula is C14H16N6S2. The fourth-order valence-corrected chi connectivity index (χ4v) is 3.56. The minimum absolute atomic E-state index is 0.512. The topological polar surface area (TPSA) is 69.4 Å². The molecule has 0 atom stereocenters. The minimum Gasteiger partial charge on any atom is -0.254 e. The highest BCUT2D eigenvalue weighted by molar-refractivity contribution is 7.98. The maximum atomic E-state index is 4.63. The van der Waals surface area contributed by atoms with E-state index in [0.717, 1.165) is 33.8 Å². The van der Waals surface area contributed by atoms with Crippen LogP contribution < -0.4 is 0 Å². The second-order valence-electron chi connectivity index (χ2n) is 5.19. The summed E-state index contributed by atoms with van der Waals surface area (Å²) in [6, 6.07) is 5.85. The van der Waals surface area contributed by atoms with Gasteiger partial charge in [0.05, 0.1) is 11.4 Å². The van der Waals surface area contributed by atoms with Crippen LogP contribution in [0.3, 0.4) is 0 Å². The van der Waals surface area contributed by atoms with E-state index in [1.165, 1.54) is 0 Å². The van der Waals surface area contributed by atoms with Crippen molar-refractivity contribution in [2.45, 2.75) is 31.3 Å². The smallest absolute Gasteiger partial charge is 0.209 e. The van der Waals surface area contributed by atoms with Gasteiger partial charge in [0, 0.05) is 23.9 Å². The molecule has 114 valence electrons. The van der Waals surface area contributed by atoms with Gasteiger partial charge in [0.25, 0.3) is 0 Å². The average molecular weight is 332 g/mol. The zero-order valence-electron chi connectivity index (χ0n) is 12.4. The quantitative estimate of drug-likeness (QED) is 0.646. The number of thioether (sulfide) groups is 1. The van der Waals surface area contributed by atoms with Crippen LogP contribution in [-0.4, -0.2) is 30.2 Å². The summed E-state index contributed by atoms with van der Waals surface area (Å²) in [7, 11) is 0. The largest absolute Gasteiger partial charge is 0.254 e. The van der Waals surface area contributed by atoms with E-state index in [1.54, 1.807) is 29.3 Å². The first-order valence-electron chi connectivity index (χ1n) is 6.97. The molecule has 3 heterocycles. The van der Waals surface area contributed by atoms with E-state index in [2.05, 4.69) is 44.7 Å². The molecule has 3 aromatic rings. The molecule has 0 saturated carbocycles. The van der Waals surface area contributed by atoms with E-state index in [4.69, 9.17) is 0 Å². The summed E-state index contributed by atoms with van der Waals surface area (Å²) in [6.45, 7) is 5.12. The fraction of sp³-hybridized carbons (Fsp3) is 0.357. The monoisotopic (exact) mass is 332 g/mol. The zero-order chi connectivity index (χ0) is 15.4. The maximum Gasteiger partial charge on any atom is 0.209 e. The predicted octanol–water partition coefficient (Wildman–Crippen LogP) is 3.14. The van der Waals surface area contributed by atoms with Crippen LogP contribution in [0.4, 0.5) is 0 Å². The molecule has 0 aliphatic carbocycles. The molecule has 0 amide bonds. The first-order valence-corrected chi connectivity index (χ1v) is 8.83. The Morgan fingerprint density at radius 2 is 2.23 bits per heavy atom. The molecule has 0 N–H and O–H groups in total. The molecule has 0 aromatic carbocycles. The Hall–Kier alpha value is -1.80. The van der Waals surface area contributed by atoms with Crippen LogP contribution in [0.5, 0.6) is 0 Å². The minimum atomic E-state index is 0.512. The number of rotatable bonds is 6. The molecule has 6 nitrogen and oxygen atoms in total. The molecule has 8 heteroatoms.